The van der Waals surface area contributed by atoms with Crippen molar-refractivity contribution in [3.8, 4) is 39.9 Å². The van der Waals surface area contributed by atoms with Crippen LogP contribution in [-0.2, 0) is 5.41 Å². The number of rotatable bonds is 3. The van der Waals surface area contributed by atoms with E-state index >= 15 is 0 Å². The quantitative estimate of drug-likeness (QED) is 0.199. The Kier molecular flexibility index (Phi) is 5.59. The average molecular weight is 615 g/mol. The highest BCUT2D eigenvalue weighted by Gasteiger charge is 2.35. The first-order chi connectivity index (χ1) is 23.6. The molecule has 226 valence electrons. The number of fused-ring (bicyclic) bond motifs is 7. The van der Waals surface area contributed by atoms with E-state index < -0.39 is 0 Å². The highest BCUT2D eigenvalue weighted by Crippen LogP contribution is 2.52. The monoisotopic (exact) mass is 614 g/mol. The van der Waals surface area contributed by atoms with Crippen LogP contribution < -0.4 is 0 Å². The molecule has 4 heteroatoms. The van der Waals surface area contributed by atoms with Gasteiger partial charge >= 0.3 is 0 Å². The van der Waals surface area contributed by atoms with Crippen molar-refractivity contribution in [2.75, 3.05) is 0 Å². The molecule has 9 aromatic rings. The summed E-state index contributed by atoms with van der Waals surface area (Å²) in [5.74, 6) is 1.90. The zero-order chi connectivity index (χ0) is 32.0. The topological polar surface area (TPSA) is 43.6 Å². The summed E-state index contributed by atoms with van der Waals surface area (Å²) in [6.07, 6.45) is 0. The number of aromatic nitrogens is 4. The van der Waals surface area contributed by atoms with Crippen LogP contribution in [0, 0.1) is 0 Å². The van der Waals surface area contributed by atoms with Gasteiger partial charge in [-0.25, -0.2) is 4.98 Å². The normalized spacial score (nSPS) is 13.4. The van der Waals surface area contributed by atoms with Gasteiger partial charge in [0.05, 0.1) is 11.0 Å². The van der Waals surface area contributed by atoms with Crippen LogP contribution in [0.2, 0.25) is 0 Å². The average Bonchev–Trinajstić information content (AvgIpc) is 3.45. The maximum atomic E-state index is 5.27. The van der Waals surface area contributed by atoms with Gasteiger partial charge in [-0.1, -0.05) is 141 Å². The van der Waals surface area contributed by atoms with Crippen LogP contribution in [-0.4, -0.2) is 19.5 Å². The number of nitrogens with zero attached hydrogens (tertiary/aromatic N) is 4. The summed E-state index contributed by atoms with van der Waals surface area (Å²) in [7, 11) is 0. The van der Waals surface area contributed by atoms with Gasteiger partial charge in [-0.15, -0.1) is 0 Å². The number of hydrogen-bond acceptors (Lipinski definition) is 3. The summed E-state index contributed by atoms with van der Waals surface area (Å²) in [5.41, 5.74) is 9.08. The molecule has 7 aromatic carbocycles. The van der Waals surface area contributed by atoms with Crippen LogP contribution >= 0.6 is 0 Å². The predicted molar refractivity (Wildman–Crippen MR) is 198 cm³/mol. The molecule has 0 bridgehead atoms. The Bertz CT molecular complexity index is 2680. The van der Waals surface area contributed by atoms with E-state index in [1.807, 2.05) is 36.4 Å². The Morgan fingerprint density at radius 3 is 1.77 bits per heavy atom. The molecular formula is C44H30N4. The van der Waals surface area contributed by atoms with Gasteiger partial charge in [-0.3, -0.25) is 4.57 Å². The first-order valence-electron chi connectivity index (χ1n) is 16.5. The smallest absolute Gasteiger partial charge is 0.238 e. The zero-order valence-corrected chi connectivity index (χ0v) is 26.6. The van der Waals surface area contributed by atoms with Crippen molar-refractivity contribution in [1.82, 2.24) is 19.5 Å². The molecule has 2 aromatic heterocycles. The maximum Gasteiger partial charge on any atom is 0.238 e. The lowest BCUT2D eigenvalue weighted by molar-refractivity contribution is 0.645. The molecule has 1 aliphatic rings. The molecule has 0 amide bonds. The maximum absolute atomic E-state index is 5.27. The summed E-state index contributed by atoms with van der Waals surface area (Å²) in [4.78, 5) is 15.6. The molecule has 0 fully saturated rings. The van der Waals surface area contributed by atoms with Gasteiger partial charge in [0.1, 0.15) is 0 Å². The molecule has 0 atom stereocenters. The third-order valence-corrected chi connectivity index (χ3v) is 10.2. The molecule has 1 aliphatic carbocycles. The summed E-state index contributed by atoms with van der Waals surface area (Å²) < 4.78 is 2.30. The lowest BCUT2D eigenvalue weighted by Crippen LogP contribution is -2.23. The standard InChI is InChI=1S/C44H30N4/c1-44(2)35-22-12-11-21-32(35)39-38-31(20-13-23-36(38)44)25-34-33-24-29-18-9-10-19-30(29)26-37(33)48(40(34)39)43-46-41(27-14-5-3-6-15-27)45-42(47-43)28-16-7-4-8-17-28/h3-26H,1-2H3. The van der Waals surface area contributed by atoms with E-state index in [4.69, 9.17) is 15.0 Å². The van der Waals surface area contributed by atoms with Gasteiger partial charge in [0.15, 0.2) is 11.6 Å². The third kappa shape index (κ3) is 3.80. The van der Waals surface area contributed by atoms with Crippen LogP contribution in [0.4, 0.5) is 0 Å². The van der Waals surface area contributed by atoms with Gasteiger partial charge in [0.25, 0.3) is 0 Å². The molecule has 0 N–H and O–H groups in total. The minimum Gasteiger partial charge on any atom is -0.277 e. The molecule has 0 spiro atoms. The van der Waals surface area contributed by atoms with E-state index in [0.29, 0.717) is 17.6 Å². The van der Waals surface area contributed by atoms with Crippen molar-refractivity contribution in [3.63, 3.8) is 0 Å². The Labute approximate surface area is 278 Å². The zero-order valence-electron chi connectivity index (χ0n) is 26.6. The highest BCUT2D eigenvalue weighted by atomic mass is 15.2. The summed E-state index contributed by atoms with van der Waals surface area (Å²) in [6.45, 7) is 4.69. The third-order valence-electron chi connectivity index (χ3n) is 10.2. The molecule has 48 heavy (non-hydrogen) atoms. The second-order valence-corrected chi connectivity index (χ2v) is 13.3. The predicted octanol–water partition coefficient (Wildman–Crippen LogP) is 10.9. The fourth-order valence-corrected chi connectivity index (χ4v) is 7.91. The molecule has 2 heterocycles. The Balaban J connectivity index is 1.44. The van der Waals surface area contributed by atoms with Crippen molar-refractivity contribution in [2.24, 2.45) is 0 Å². The molecule has 0 saturated heterocycles. The van der Waals surface area contributed by atoms with E-state index in [1.165, 1.54) is 54.6 Å². The fraction of sp³-hybridized carbons (Fsp3) is 0.0682. The molecule has 10 rings (SSSR count). The van der Waals surface area contributed by atoms with Crippen LogP contribution in [0.25, 0.3) is 83.2 Å². The first kappa shape index (κ1) is 27.0. The Morgan fingerprint density at radius 2 is 1.06 bits per heavy atom. The van der Waals surface area contributed by atoms with E-state index in [-0.39, 0.29) is 5.41 Å². The van der Waals surface area contributed by atoms with Gasteiger partial charge in [-0.05, 0) is 56.4 Å². The Hall–Kier alpha value is -6.13. The van der Waals surface area contributed by atoms with Crippen molar-refractivity contribution in [1.29, 1.82) is 0 Å². The van der Waals surface area contributed by atoms with Gasteiger partial charge in [0, 0.05) is 32.9 Å². The molecule has 0 aliphatic heterocycles. The van der Waals surface area contributed by atoms with Crippen molar-refractivity contribution >= 4 is 43.4 Å². The largest absolute Gasteiger partial charge is 0.277 e. The van der Waals surface area contributed by atoms with E-state index in [0.717, 1.165) is 22.2 Å². The van der Waals surface area contributed by atoms with Crippen molar-refractivity contribution in [2.45, 2.75) is 19.3 Å². The molecule has 0 saturated carbocycles. The molecular weight excluding hydrogens is 585 g/mol. The highest BCUT2D eigenvalue weighted by molar-refractivity contribution is 6.24. The van der Waals surface area contributed by atoms with Gasteiger partial charge in [-0.2, -0.15) is 9.97 Å². The number of hydrogen-bond donors (Lipinski definition) is 0. The minimum absolute atomic E-state index is 0.156. The second-order valence-electron chi connectivity index (χ2n) is 13.3. The summed E-state index contributed by atoms with van der Waals surface area (Å²) in [5, 5.41) is 7.29. The van der Waals surface area contributed by atoms with Crippen LogP contribution in [0.3, 0.4) is 0 Å². The lowest BCUT2D eigenvalue weighted by atomic mass is 9.68. The minimum atomic E-state index is -0.156. The SMILES string of the molecule is CC1(C)c2ccccc2-c2c3c1cccc3cc1c3cc4ccccc4cc3n(-c3nc(-c4ccccc4)nc(-c4ccccc4)n3)c21. The second kappa shape index (κ2) is 9.93. The van der Waals surface area contributed by atoms with E-state index in [1.54, 1.807) is 0 Å². The van der Waals surface area contributed by atoms with Crippen LogP contribution in [0.15, 0.2) is 146 Å². The molecule has 0 radical (unpaired) electrons. The molecule has 0 unspecified atom stereocenters. The lowest BCUT2D eigenvalue weighted by Gasteiger charge is -2.35. The van der Waals surface area contributed by atoms with Crippen LogP contribution in [0.5, 0.6) is 0 Å². The summed E-state index contributed by atoms with van der Waals surface area (Å²) >= 11 is 0. The first-order valence-corrected chi connectivity index (χ1v) is 16.5. The van der Waals surface area contributed by atoms with Crippen molar-refractivity contribution < 1.29 is 0 Å². The van der Waals surface area contributed by atoms with Crippen LogP contribution in [0.1, 0.15) is 25.0 Å². The van der Waals surface area contributed by atoms with E-state index in [2.05, 4.69) is 128 Å². The van der Waals surface area contributed by atoms with Gasteiger partial charge in [0.2, 0.25) is 5.95 Å². The summed E-state index contributed by atoms with van der Waals surface area (Å²) in [6, 6.07) is 51.7. The van der Waals surface area contributed by atoms with Gasteiger partial charge < -0.3 is 0 Å². The Morgan fingerprint density at radius 1 is 0.500 bits per heavy atom. The fourth-order valence-electron chi connectivity index (χ4n) is 7.91. The van der Waals surface area contributed by atoms with E-state index in [9.17, 15) is 0 Å². The molecule has 4 nitrogen and oxygen atoms in total. The number of benzene rings is 7. The van der Waals surface area contributed by atoms with Crippen molar-refractivity contribution in [3.05, 3.63) is 157 Å².